The topological polar surface area (TPSA) is 42.0 Å². The van der Waals surface area contributed by atoms with Gasteiger partial charge in [-0.2, -0.15) is 0 Å². The maximum absolute atomic E-state index is 13.1. The Bertz CT molecular complexity index is 627. The third kappa shape index (κ3) is 3.47. The van der Waals surface area contributed by atoms with E-state index in [0.717, 1.165) is 51.3 Å². The van der Waals surface area contributed by atoms with Crippen molar-refractivity contribution in [2.45, 2.75) is 32.2 Å². The molecule has 4 rings (SSSR count). The number of likely N-dealkylation sites (tertiary alicyclic amines) is 1. The molecule has 2 heterocycles. The first-order valence-electron chi connectivity index (χ1n) is 9.92. The SMILES string of the molecule is COc1ccc(CN2CC[C@]3(CCC[C@H]3C(=O)N3CCOCC3)C2)cc1. The maximum atomic E-state index is 13.1. The largest absolute Gasteiger partial charge is 0.497 e. The monoisotopic (exact) mass is 358 g/mol. The third-order valence-electron chi connectivity index (χ3n) is 6.56. The zero-order valence-electron chi connectivity index (χ0n) is 15.8. The van der Waals surface area contributed by atoms with Gasteiger partial charge in [-0.1, -0.05) is 18.6 Å². The van der Waals surface area contributed by atoms with Crippen molar-refractivity contribution in [2.24, 2.45) is 11.3 Å². The lowest BCUT2D eigenvalue weighted by Crippen LogP contribution is -2.47. The molecule has 0 aromatic heterocycles. The molecule has 1 aliphatic carbocycles. The highest BCUT2D eigenvalue weighted by molar-refractivity contribution is 5.80. The number of carbonyl (C=O) groups is 1. The number of ether oxygens (including phenoxy) is 2. The van der Waals surface area contributed by atoms with E-state index in [-0.39, 0.29) is 11.3 Å². The first kappa shape index (κ1) is 17.8. The van der Waals surface area contributed by atoms with Crippen LogP contribution in [0.3, 0.4) is 0 Å². The molecule has 0 N–H and O–H groups in total. The molecule has 1 amide bonds. The fraction of sp³-hybridized carbons (Fsp3) is 0.667. The second-order valence-electron chi connectivity index (χ2n) is 8.05. The first-order valence-corrected chi connectivity index (χ1v) is 9.92. The maximum Gasteiger partial charge on any atom is 0.226 e. The van der Waals surface area contributed by atoms with Crippen LogP contribution in [-0.2, 0) is 16.1 Å². The lowest BCUT2D eigenvalue weighted by molar-refractivity contribution is -0.143. The average molecular weight is 358 g/mol. The molecule has 26 heavy (non-hydrogen) atoms. The minimum absolute atomic E-state index is 0.196. The van der Waals surface area contributed by atoms with Gasteiger partial charge in [-0.25, -0.2) is 0 Å². The predicted molar refractivity (Wildman–Crippen MR) is 100 cm³/mol. The summed E-state index contributed by atoms with van der Waals surface area (Å²) in [5.41, 5.74) is 1.51. The fourth-order valence-corrected chi connectivity index (χ4v) is 5.12. The minimum Gasteiger partial charge on any atom is -0.497 e. The summed E-state index contributed by atoms with van der Waals surface area (Å²) in [5.74, 6) is 1.50. The van der Waals surface area contributed by atoms with Crippen LogP contribution in [0.25, 0.3) is 0 Å². The Morgan fingerprint density at radius 1 is 1.19 bits per heavy atom. The molecular formula is C21H30N2O3. The standard InChI is InChI=1S/C21H30N2O3/c1-25-18-6-4-17(5-7-18)15-22-10-9-21(16-22)8-2-3-19(21)20(24)23-11-13-26-14-12-23/h4-7,19H,2-3,8-16H2,1H3/t19-,21+/m0/s1. The molecule has 2 atom stereocenters. The van der Waals surface area contributed by atoms with Gasteiger partial charge in [-0.15, -0.1) is 0 Å². The molecule has 0 unspecified atom stereocenters. The minimum atomic E-state index is 0.196. The van der Waals surface area contributed by atoms with Gasteiger partial charge >= 0.3 is 0 Å². The van der Waals surface area contributed by atoms with Crippen LogP contribution in [0.15, 0.2) is 24.3 Å². The second-order valence-corrected chi connectivity index (χ2v) is 8.05. The molecular weight excluding hydrogens is 328 g/mol. The van der Waals surface area contributed by atoms with Gasteiger partial charge < -0.3 is 14.4 Å². The molecule has 0 bridgehead atoms. The lowest BCUT2D eigenvalue weighted by Gasteiger charge is -2.36. The number of rotatable bonds is 4. The Balaban J connectivity index is 1.40. The van der Waals surface area contributed by atoms with Crippen molar-refractivity contribution in [1.29, 1.82) is 0 Å². The van der Waals surface area contributed by atoms with Crippen molar-refractivity contribution in [2.75, 3.05) is 46.5 Å². The summed E-state index contributed by atoms with van der Waals surface area (Å²) >= 11 is 0. The van der Waals surface area contributed by atoms with Gasteiger partial charge in [0.1, 0.15) is 5.75 Å². The van der Waals surface area contributed by atoms with Crippen LogP contribution in [0.1, 0.15) is 31.2 Å². The molecule has 5 heteroatoms. The van der Waals surface area contributed by atoms with Crippen molar-refractivity contribution in [1.82, 2.24) is 9.80 Å². The number of nitrogens with zero attached hydrogens (tertiary/aromatic N) is 2. The van der Waals surface area contributed by atoms with Crippen LogP contribution in [-0.4, -0.2) is 62.2 Å². The normalized spacial score (nSPS) is 29.4. The summed E-state index contributed by atoms with van der Waals surface area (Å²) in [6.45, 7) is 6.02. The highest BCUT2D eigenvalue weighted by Crippen LogP contribution is 2.50. The van der Waals surface area contributed by atoms with Crippen LogP contribution in [0.2, 0.25) is 0 Å². The van der Waals surface area contributed by atoms with E-state index in [9.17, 15) is 4.79 Å². The van der Waals surface area contributed by atoms with E-state index >= 15 is 0 Å². The van der Waals surface area contributed by atoms with Crippen molar-refractivity contribution >= 4 is 5.91 Å². The number of methoxy groups -OCH3 is 1. The van der Waals surface area contributed by atoms with E-state index in [0.29, 0.717) is 19.1 Å². The van der Waals surface area contributed by atoms with E-state index in [1.54, 1.807) is 7.11 Å². The molecule has 2 saturated heterocycles. The van der Waals surface area contributed by atoms with E-state index < -0.39 is 0 Å². The lowest BCUT2D eigenvalue weighted by atomic mass is 9.76. The summed E-state index contributed by atoms with van der Waals surface area (Å²) in [6.07, 6.45) is 4.61. The summed E-state index contributed by atoms with van der Waals surface area (Å²) in [4.78, 5) is 17.7. The summed E-state index contributed by atoms with van der Waals surface area (Å²) in [5, 5.41) is 0. The van der Waals surface area contributed by atoms with Crippen molar-refractivity contribution in [3.05, 3.63) is 29.8 Å². The quantitative estimate of drug-likeness (QED) is 0.830. The number of morpholine rings is 1. The Labute approximate surface area is 156 Å². The van der Waals surface area contributed by atoms with E-state index in [4.69, 9.17) is 9.47 Å². The number of benzene rings is 1. The number of amides is 1. The van der Waals surface area contributed by atoms with Gasteiger partial charge in [0, 0.05) is 32.1 Å². The Kier molecular flexibility index (Phi) is 5.18. The van der Waals surface area contributed by atoms with E-state index in [1.165, 1.54) is 18.4 Å². The number of hydrogen-bond donors (Lipinski definition) is 0. The predicted octanol–water partition coefficient (Wildman–Crippen LogP) is 2.55. The molecule has 1 saturated carbocycles. The molecule has 3 aliphatic rings. The molecule has 1 aromatic rings. The molecule has 2 aliphatic heterocycles. The van der Waals surface area contributed by atoms with Crippen molar-refractivity contribution in [3.8, 4) is 5.75 Å². The number of hydrogen-bond acceptors (Lipinski definition) is 4. The third-order valence-corrected chi connectivity index (χ3v) is 6.56. The van der Waals surface area contributed by atoms with E-state index in [2.05, 4.69) is 17.0 Å². The molecule has 1 aromatic carbocycles. The molecule has 0 radical (unpaired) electrons. The fourth-order valence-electron chi connectivity index (χ4n) is 5.12. The van der Waals surface area contributed by atoms with Crippen molar-refractivity contribution < 1.29 is 14.3 Å². The second kappa shape index (κ2) is 7.57. The van der Waals surface area contributed by atoms with Crippen LogP contribution < -0.4 is 4.74 Å². The molecule has 5 nitrogen and oxygen atoms in total. The molecule has 142 valence electrons. The van der Waals surface area contributed by atoms with Crippen LogP contribution in [0.5, 0.6) is 5.75 Å². The summed E-state index contributed by atoms with van der Waals surface area (Å²) in [7, 11) is 1.70. The zero-order chi connectivity index (χ0) is 18.0. The summed E-state index contributed by atoms with van der Waals surface area (Å²) < 4.78 is 10.7. The van der Waals surface area contributed by atoms with Gasteiger partial charge in [-0.3, -0.25) is 9.69 Å². The van der Waals surface area contributed by atoms with Gasteiger partial charge in [-0.05, 0) is 48.9 Å². The first-order chi connectivity index (χ1) is 12.7. The Hall–Kier alpha value is -1.59. The highest BCUT2D eigenvalue weighted by Gasteiger charge is 2.51. The molecule has 1 spiro atoms. The van der Waals surface area contributed by atoms with Crippen LogP contribution in [0, 0.1) is 11.3 Å². The summed E-state index contributed by atoms with van der Waals surface area (Å²) in [6, 6.07) is 8.35. The van der Waals surface area contributed by atoms with E-state index in [1.807, 2.05) is 17.0 Å². The Morgan fingerprint density at radius 2 is 1.96 bits per heavy atom. The van der Waals surface area contributed by atoms with Crippen molar-refractivity contribution in [3.63, 3.8) is 0 Å². The highest BCUT2D eigenvalue weighted by atomic mass is 16.5. The number of carbonyl (C=O) groups excluding carboxylic acids is 1. The van der Waals surface area contributed by atoms with Gasteiger partial charge in [0.2, 0.25) is 5.91 Å². The van der Waals surface area contributed by atoms with Gasteiger partial charge in [0.25, 0.3) is 0 Å². The van der Waals surface area contributed by atoms with Crippen LogP contribution in [0.4, 0.5) is 0 Å². The van der Waals surface area contributed by atoms with Gasteiger partial charge in [0.05, 0.1) is 20.3 Å². The van der Waals surface area contributed by atoms with Crippen LogP contribution >= 0.6 is 0 Å². The molecule has 3 fully saturated rings. The van der Waals surface area contributed by atoms with Gasteiger partial charge in [0.15, 0.2) is 0 Å². The average Bonchev–Trinajstić information content (AvgIpc) is 3.29. The Morgan fingerprint density at radius 3 is 2.69 bits per heavy atom. The zero-order valence-corrected chi connectivity index (χ0v) is 15.8. The smallest absolute Gasteiger partial charge is 0.226 e.